The van der Waals surface area contributed by atoms with E-state index in [1.165, 1.54) is 42.0 Å². The van der Waals surface area contributed by atoms with E-state index in [1.807, 2.05) is 0 Å². The first kappa shape index (κ1) is 70.4. The van der Waals surface area contributed by atoms with Gasteiger partial charge in [-0.15, -0.1) is 0 Å². The van der Waals surface area contributed by atoms with Crippen LogP contribution in [0.4, 0.5) is 16.4 Å². The first-order valence-corrected chi connectivity index (χ1v) is 34.2. The monoisotopic (exact) mass is 1350 g/mol. The molecule has 5 heterocycles. The van der Waals surface area contributed by atoms with Crippen LogP contribution in [-0.2, 0) is 90.4 Å². The van der Waals surface area contributed by atoms with Gasteiger partial charge in [0.2, 0.25) is 29.5 Å². The number of thiol groups is 1. The molecule has 1 saturated carbocycles. The number of nitrogens with one attached hydrogen (secondary N) is 5. The van der Waals surface area contributed by atoms with E-state index in [2.05, 4.69) is 58.4 Å². The molecule has 0 spiro atoms. The SMILES string of the molecule is CC(C)[C@H](NC(=O)COCCOCCOCCOCCN)C(=O)N[C@@H](C)C(=O)Nc1ccc(COC(=O)N(C)Cc2ccccc2C(=O)Nc2nc3c(ncn3[C@@H]3O[C@H]4COP(O)(=S)O[C@H]5C[C@H](Oc6ccncn6)C[C@@H]5COP(=O)(S)O[C@@H]3[C@@H]4O)c(=O)[nH]2)cc1. The highest BCUT2D eigenvalue weighted by Gasteiger charge is 2.51. The van der Waals surface area contributed by atoms with E-state index in [9.17, 15) is 43.3 Å². The lowest BCUT2D eigenvalue weighted by Gasteiger charge is -2.27. The minimum atomic E-state index is -4.37. The number of aliphatic hydroxyl groups excluding tert-OH is 1. The molecule has 3 fully saturated rings. The molecular weight excluding hydrogens is 1270 g/mol. The maximum atomic E-state index is 14.0. The molecule has 3 aliphatic rings. The molecule has 2 saturated heterocycles. The maximum absolute atomic E-state index is 14.0. The van der Waals surface area contributed by atoms with Gasteiger partial charge in [0.05, 0.1) is 71.9 Å². The molecule has 8 rings (SSSR count). The van der Waals surface area contributed by atoms with Gasteiger partial charge in [0, 0.05) is 56.0 Å². The van der Waals surface area contributed by atoms with Crippen LogP contribution in [0.15, 0.2) is 78.2 Å². The first-order chi connectivity index (χ1) is 43.6. The number of hydrogen-bond acceptors (Lipinski definition) is 25. The van der Waals surface area contributed by atoms with Crippen LogP contribution in [0.25, 0.3) is 11.2 Å². The van der Waals surface area contributed by atoms with Gasteiger partial charge in [0.15, 0.2) is 17.4 Å². The number of H-pyrrole nitrogens is 1. The number of carbonyl (C=O) groups is 5. The fourth-order valence-electron chi connectivity index (χ4n) is 9.66. The lowest BCUT2D eigenvalue weighted by molar-refractivity contribution is -0.133. The zero-order valence-corrected chi connectivity index (χ0v) is 53.6. The number of carbonyl (C=O) groups excluding carboxylic acids is 5. The number of anilines is 2. The second-order valence-corrected chi connectivity index (χ2v) is 27.1. The van der Waals surface area contributed by atoms with Crippen LogP contribution in [0.1, 0.15) is 61.3 Å². The van der Waals surface area contributed by atoms with E-state index in [0.29, 0.717) is 68.7 Å². The van der Waals surface area contributed by atoms with Crippen LogP contribution in [-0.4, -0.2) is 196 Å². The van der Waals surface area contributed by atoms with E-state index < -0.39 is 110 Å². The molecule has 11 atom stereocenters. The molecule has 36 heteroatoms. The smallest absolute Gasteiger partial charge is 0.410 e. The molecule has 32 nitrogen and oxygen atoms in total. The van der Waals surface area contributed by atoms with Crippen LogP contribution in [0.5, 0.6) is 5.88 Å². The molecule has 1 aliphatic carbocycles. The predicted molar refractivity (Wildman–Crippen MR) is 330 cm³/mol. The third-order valence-electron chi connectivity index (χ3n) is 14.3. The van der Waals surface area contributed by atoms with Crippen molar-refractivity contribution in [1.82, 2.24) is 45.0 Å². The van der Waals surface area contributed by atoms with Crippen LogP contribution >= 0.6 is 25.8 Å². The van der Waals surface area contributed by atoms with Crippen LogP contribution in [0.2, 0.25) is 0 Å². The minimum Gasteiger partial charge on any atom is -0.474 e. The van der Waals surface area contributed by atoms with Gasteiger partial charge in [-0.2, -0.15) is 4.98 Å². The molecule has 9 N–H and O–H groups in total. The van der Waals surface area contributed by atoms with Crippen molar-refractivity contribution in [2.24, 2.45) is 17.6 Å². The summed E-state index contributed by atoms with van der Waals surface area (Å²) < 4.78 is 77.6. The largest absolute Gasteiger partial charge is 0.474 e. The summed E-state index contributed by atoms with van der Waals surface area (Å²) >= 11 is 9.61. The topological polar surface area (TPSA) is 411 Å². The molecule has 5 aromatic rings. The Morgan fingerprint density at radius 3 is 2.31 bits per heavy atom. The molecule has 91 heavy (non-hydrogen) atoms. The lowest BCUT2D eigenvalue weighted by Crippen LogP contribution is -2.54. The third-order valence-corrected chi connectivity index (χ3v) is 17.5. The standard InChI is InChI=1S/C55H74N12O20P2S2/c1-32(2)44(62-42(68)29-80-22-21-79-20-19-78-18-17-77-16-14-56)51(72)60-33(3)49(70)61-37-11-9-34(10-12-37)26-81-55(74)66(4)25-35-7-5-6-8-39(35)50(71)64-54-63-48-45(52(73)65-54)59-31-67(48)53-47-46(69)41(85-53)28-83-88(75,90)86-40-24-38(84-43-13-15-57-30-58-43)23-36(40)27-82-89(76,91)87-47/h5-13,15,30-33,36,38,40-41,44,46-47,53,69H,14,16-29,56H2,1-4H3,(H,60,72)(H,61,70)(H,62,68)(H,75,90)(H,76,91)(H2,63,64,65,71,73)/t33-,36+,38+,40-,41-,44-,46+,47+,53+,88?,89?/m0/s1. The summed E-state index contributed by atoms with van der Waals surface area (Å²) in [7, 11) is 1.47. The number of fused-ring (bicyclic) bond motifs is 4. The van der Waals surface area contributed by atoms with Crippen molar-refractivity contribution < 1.29 is 89.8 Å². The van der Waals surface area contributed by atoms with Crippen LogP contribution in [0.3, 0.4) is 0 Å². The molecule has 2 aromatic carbocycles. The number of amides is 5. The zero-order valence-electron chi connectivity index (χ0n) is 50.1. The molecule has 2 unspecified atom stereocenters. The van der Waals surface area contributed by atoms with Crippen LogP contribution in [0, 0.1) is 11.8 Å². The van der Waals surface area contributed by atoms with Gasteiger partial charge in [-0.1, -0.05) is 56.4 Å². The molecular formula is C55H74N12O20P2S2. The Morgan fingerprint density at radius 1 is 0.890 bits per heavy atom. The number of ether oxygens (including phenoxy) is 7. The summed E-state index contributed by atoms with van der Waals surface area (Å²) in [5, 5.41) is 22.2. The quantitative estimate of drug-likeness (QED) is 0.0197. The third kappa shape index (κ3) is 20.5. The summed E-state index contributed by atoms with van der Waals surface area (Å²) in [6.07, 6.45) is -3.44. The van der Waals surface area contributed by atoms with Crippen molar-refractivity contribution in [3.8, 4) is 5.88 Å². The predicted octanol–water partition coefficient (Wildman–Crippen LogP) is 2.73. The van der Waals surface area contributed by atoms with Gasteiger partial charge in [-0.25, -0.2) is 24.3 Å². The number of nitrogens with two attached hydrogens (primary N) is 1. The lowest BCUT2D eigenvalue weighted by atomic mass is 10.0. The van der Waals surface area contributed by atoms with E-state index in [0.717, 1.165) is 6.33 Å². The Morgan fingerprint density at radius 2 is 1.60 bits per heavy atom. The van der Waals surface area contributed by atoms with Crippen LogP contribution < -0.4 is 37.3 Å². The summed E-state index contributed by atoms with van der Waals surface area (Å²) in [5.41, 5.74) is 5.61. The maximum Gasteiger partial charge on any atom is 0.410 e. The van der Waals surface area contributed by atoms with Gasteiger partial charge in [0.25, 0.3) is 11.5 Å². The number of rotatable bonds is 28. The Kier molecular flexibility index (Phi) is 25.9. The highest BCUT2D eigenvalue weighted by atomic mass is 32.7. The van der Waals surface area contributed by atoms with Gasteiger partial charge in [-0.3, -0.25) is 43.4 Å². The van der Waals surface area contributed by atoms with Crippen molar-refractivity contribution in [2.45, 2.75) is 95.6 Å². The van der Waals surface area contributed by atoms with Gasteiger partial charge in [-0.05, 0) is 60.4 Å². The molecule has 5 amide bonds. The Balaban J connectivity index is 0.810. The molecule has 0 radical (unpaired) electrons. The number of aromatic amines is 1. The number of aromatic nitrogens is 6. The van der Waals surface area contributed by atoms with E-state index in [4.69, 9.17) is 68.8 Å². The Bertz CT molecular complexity index is 3430. The summed E-state index contributed by atoms with van der Waals surface area (Å²) in [4.78, 5) is 111. The van der Waals surface area contributed by atoms with Gasteiger partial charge >= 0.3 is 19.6 Å². The average molecular weight is 1350 g/mol. The number of hydrogen-bond donors (Lipinski definition) is 9. The second kappa shape index (κ2) is 33.4. The highest BCUT2D eigenvalue weighted by molar-refractivity contribution is 8.44. The summed E-state index contributed by atoms with van der Waals surface area (Å²) in [5.74, 6) is -3.28. The minimum absolute atomic E-state index is 0.0955. The highest BCUT2D eigenvalue weighted by Crippen LogP contribution is 2.59. The van der Waals surface area contributed by atoms with Crippen molar-refractivity contribution in [3.05, 3.63) is 100 Å². The fourth-order valence-corrected chi connectivity index (χ4v) is 12.7. The molecule has 2 bridgehead atoms. The number of imidazole rings is 1. The van der Waals surface area contributed by atoms with Crippen molar-refractivity contribution in [3.63, 3.8) is 0 Å². The van der Waals surface area contributed by atoms with Gasteiger partial charge < -0.3 is 83.3 Å². The Labute approximate surface area is 532 Å². The molecule has 2 aliphatic heterocycles. The summed E-state index contributed by atoms with van der Waals surface area (Å²) in [6, 6.07) is 12.4. The number of nitrogens with zero attached hydrogens (tertiary/aromatic N) is 6. The average Bonchev–Trinajstić information content (AvgIpc) is 1.64. The fraction of sp³-hybridized carbons (Fsp3) is 0.527. The first-order valence-electron chi connectivity index (χ1n) is 28.9. The number of aliphatic hydroxyl groups is 1. The second-order valence-electron chi connectivity index (χ2n) is 21.5. The van der Waals surface area contributed by atoms with E-state index in [1.54, 1.807) is 62.4 Å². The van der Waals surface area contributed by atoms with Crippen molar-refractivity contribution in [1.29, 1.82) is 0 Å². The summed E-state index contributed by atoms with van der Waals surface area (Å²) in [6.45, 7) is -1.96. The molecule has 3 aromatic heterocycles. The van der Waals surface area contributed by atoms with E-state index >= 15 is 0 Å². The number of benzene rings is 2. The molecule has 496 valence electrons. The normalized spacial score (nSPS) is 24.0. The Hall–Kier alpha value is -6.43. The van der Waals surface area contributed by atoms with Gasteiger partial charge in [0.1, 0.15) is 56.0 Å². The van der Waals surface area contributed by atoms with Crippen molar-refractivity contribution in [2.75, 3.05) is 90.3 Å². The zero-order chi connectivity index (χ0) is 65.2. The van der Waals surface area contributed by atoms with Crippen molar-refractivity contribution >= 4 is 90.1 Å². The van der Waals surface area contributed by atoms with E-state index in [-0.39, 0.29) is 74.6 Å².